The van der Waals surface area contributed by atoms with E-state index in [9.17, 15) is 4.79 Å². The predicted octanol–water partition coefficient (Wildman–Crippen LogP) is 2.12. The van der Waals surface area contributed by atoms with Crippen molar-refractivity contribution in [2.24, 2.45) is 0 Å². The van der Waals surface area contributed by atoms with Crippen LogP contribution in [0.15, 0.2) is 0 Å². The molecule has 2 nitrogen and oxygen atoms in total. The lowest BCUT2D eigenvalue weighted by atomic mass is 10.2. The number of hydrogen-bond donors (Lipinski definition) is 1. The normalized spacial score (nSPS) is 9.78. The molecular formula is C6H12ClNO. The maximum Gasteiger partial charge on any atom is 0.314 e. The summed E-state index contributed by atoms with van der Waals surface area (Å²) in [5, 5.41) is 2.15. The molecule has 0 aromatic rings. The SMILES string of the molecule is CCC(CC)NC(=O)Cl. The van der Waals surface area contributed by atoms with Crippen LogP contribution in [0.3, 0.4) is 0 Å². The third-order valence-electron chi connectivity index (χ3n) is 1.30. The average Bonchev–Trinajstić information content (AvgIpc) is 1.82. The average molecular weight is 150 g/mol. The molecule has 0 aromatic heterocycles. The molecule has 54 valence electrons. The Labute approximate surface area is 60.6 Å². The Bertz CT molecular complexity index is 91.1. The standard InChI is InChI=1S/C6H12ClNO/c1-3-5(4-2)8-6(7)9/h5H,3-4H2,1-2H3,(H,8,9). The molecule has 0 rings (SSSR count). The van der Waals surface area contributed by atoms with Gasteiger partial charge in [-0.05, 0) is 24.4 Å². The van der Waals surface area contributed by atoms with E-state index in [2.05, 4.69) is 5.32 Å². The van der Waals surface area contributed by atoms with E-state index in [-0.39, 0.29) is 6.04 Å². The molecule has 0 atom stereocenters. The number of nitrogens with one attached hydrogen (secondary N) is 1. The van der Waals surface area contributed by atoms with E-state index in [1.807, 2.05) is 13.8 Å². The monoisotopic (exact) mass is 149 g/mol. The van der Waals surface area contributed by atoms with Gasteiger partial charge in [-0.15, -0.1) is 0 Å². The summed E-state index contributed by atoms with van der Waals surface area (Å²) in [6.07, 6.45) is 1.88. The lowest BCUT2D eigenvalue weighted by molar-refractivity contribution is 0.255. The first kappa shape index (κ1) is 8.76. The molecule has 0 fully saturated rings. The maximum absolute atomic E-state index is 10.2. The maximum atomic E-state index is 10.2. The molecule has 9 heavy (non-hydrogen) atoms. The fourth-order valence-corrected chi connectivity index (χ4v) is 0.808. The highest BCUT2D eigenvalue weighted by molar-refractivity contribution is 6.62. The lowest BCUT2D eigenvalue weighted by Crippen LogP contribution is -2.29. The molecule has 0 bridgehead atoms. The summed E-state index contributed by atoms with van der Waals surface area (Å²) in [5.74, 6) is 0. The van der Waals surface area contributed by atoms with Gasteiger partial charge in [-0.3, -0.25) is 4.79 Å². The summed E-state index contributed by atoms with van der Waals surface area (Å²) < 4.78 is 0. The minimum absolute atomic E-state index is 0.245. The molecule has 0 aliphatic carbocycles. The van der Waals surface area contributed by atoms with Gasteiger partial charge in [0.25, 0.3) is 0 Å². The van der Waals surface area contributed by atoms with E-state index in [0.29, 0.717) is 0 Å². The largest absolute Gasteiger partial charge is 0.340 e. The van der Waals surface area contributed by atoms with Crippen molar-refractivity contribution >= 4 is 17.0 Å². The summed E-state index contributed by atoms with van der Waals surface area (Å²) in [5.41, 5.74) is 0. The Morgan fingerprint density at radius 3 is 2.11 bits per heavy atom. The number of amides is 1. The van der Waals surface area contributed by atoms with E-state index in [4.69, 9.17) is 11.6 Å². The summed E-state index contributed by atoms with van der Waals surface area (Å²) >= 11 is 5.08. The summed E-state index contributed by atoms with van der Waals surface area (Å²) in [4.78, 5) is 10.2. The van der Waals surface area contributed by atoms with E-state index >= 15 is 0 Å². The van der Waals surface area contributed by atoms with Gasteiger partial charge < -0.3 is 5.32 Å². The molecule has 0 heterocycles. The minimum atomic E-state index is -0.455. The molecule has 0 aliphatic heterocycles. The van der Waals surface area contributed by atoms with Gasteiger partial charge in [0.2, 0.25) is 0 Å². The van der Waals surface area contributed by atoms with E-state index in [1.165, 1.54) is 0 Å². The van der Waals surface area contributed by atoms with Crippen molar-refractivity contribution in [3.63, 3.8) is 0 Å². The van der Waals surface area contributed by atoms with Gasteiger partial charge in [0, 0.05) is 6.04 Å². The third kappa shape index (κ3) is 4.28. The van der Waals surface area contributed by atoms with Crippen molar-refractivity contribution in [3.8, 4) is 0 Å². The number of rotatable bonds is 3. The van der Waals surface area contributed by atoms with E-state index in [0.717, 1.165) is 12.8 Å². The zero-order chi connectivity index (χ0) is 7.28. The highest BCUT2D eigenvalue weighted by atomic mass is 35.5. The molecule has 0 saturated heterocycles. The second kappa shape index (κ2) is 4.62. The minimum Gasteiger partial charge on any atom is -0.340 e. The Hall–Kier alpha value is -0.240. The molecule has 1 amide bonds. The van der Waals surface area contributed by atoms with Crippen LogP contribution in [-0.4, -0.2) is 11.4 Å². The fraction of sp³-hybridized carbons (Fsp3) is 0.833. The van der Waals surface area contributed by atoms with Gasteiger partial charge >= 0.3 is 5.37 Å². The van der Waals surface area contributed by atoms with Crippen molar-refractivity contribution in [3.05, 3.63) is 0 Å². The van der Waals surface area contributed by atoms with Crippen molar-refractivity contribution in [2.45, 2.75) is 32.7 Å². The van der Waals surface area contributed by atoms with Crippen LogP contribution < -0.4 is 5.32 Å². The summed E-state index contributed by atoms with van der Waals surface area (Å²) in [6.45, 7) is 4.03. The van der Waals surface area contributed by atoms with Crippen LogP contribution in [0, 0.1) is 0 Å². The highest BCUT2D eigenvalue weighted by Gasteiger charge is 2.03. The van der Waals surface area contributed by atoms with E-state index < -0.39 is 5.37 Å². The predicted molar refractivity (Wildman–Crippen MR) is 38.8 cm³/mol. The zero-order valence-corrected chi connectivity index (χ0v) is 6.53. The molecular weight excluding hydrogens is 138 g/mol. The number of halogens is 1. The second-order valence-electron chi connectivity index (χ2n) is 1.93. The quantitative estimate of drug-likeness (QED) is 0.484. The van der Waals surface area contributed by atoms with Crippen LogP contribution in [0.2, 0.25) is 0 Å². The molecule has 0 aromatic carbocycles. The molecule has 1 N–H and O–H groups in total. The van der Waals surface area contributed by atoms with Crippen molar-refractivity contribution < 1.29 is 4.79 Å². The zero-order valence-electron chi connectivity index (χ0n) is 5.78. The third-order valence-corrected chi connectivity index (χ3v) is 1.41. The van der Waals surface area contributed by atoms with Gasteiger partial charge in [0.15, 0.2) is 0 Å². The van der Waals surface area contributed by atoms with Crippen LogP contribution in [0.4, 0.5) is 4.79 Å². The molecule has 0 aliphatic rings. The van der Waals surface area contributed by atoms with Crippen LogP contribution in [-0.2, 0) is 0 Å². The van der Waals surface area contributed by atoms with Crippen LogP contribution in [0.1, 0.15) is 26.7 Å². The van der Waals surface area contributed by atoms with Gasteiger partial charge in [0.1, 0.15) is 0 Å². The van der Waals surface area contributed by atoms with E-state index in [1.54, 1.807) is 0 Å². The molecule has 0 unspecified atom stereocenters. The molecule has 3 heteroatoms. The van der Waals surface area contributed by atoms with Gasteiger partial charge in [-0.1, -0.05) is 13.8 Å². The van der Waals surface area contributed by atoms with Crippen molar-refractivity contribution in [2.75, 3.05) is 0 Å². The molecule has 0 saturated carbocycles. The van der Waals surface area contributed by atoms with Crippen LogP contribution >= 0.6 is 11.6 Å². The Kier molecular flexibility index (Phi) is 4.50. The summed E-state index contributed by atoms with van der Waals surface area (Å²) in [7, 11) is 0. The Morgan fingerprint density at radius 2 is 2.00 bits per heavy atom. The topological polar surface area (TPSA) is 29.1 Å². The summed E-state index contributed by atoms with van der Waals surface area (Å²) in [6, 6.07) is 0.245. The Morgan fingerprint density at radius 1 is 1.56 bits per heavy atom. The molecule has 0 spiro atoms. The first-order valence-corrected chi connectivity index (χ1v) is 3.54. The second-order valence-corrected chi connectivity index (χ2v) is 2.27. The molecule has 0 radical (unpaired) electrons. The van der Waals surface area contributed by atoms with Crippen molar-refractivity contribution in [1.82, 2.24) is 5.32 Å². The lowest BCUT2D eigenvalue weighted by Gasteiger charge is -2.10. The first-order chi connectivity index (χ1) is 4.20. The fourth-order valence-electron chi connectivity index (χ4n) is 0.653. The van der Waals surface area contributed by atoms with Crippen LogP contribution in [0.25, 0.3) is 0 Å². The number of hydrogen-bond acceptors (Lipinski definition) is 1. The van der Waals surface area contributed by atoms with Crippen molar-refractivity contribution in [1.29, 1.82) is 0 Å². The Balaban J connectivity index is 3.43. The van der Waals surface area contributed by atoms with Gasteiger partial charge in [-0.2, -0.15) is 0 Å². The van der Waals surface area contributed by atoms with Gasteiger partial charge in [0.05, 0.1) is 0 Å². The number of carbonyl (C=O) groups is 1. The van der Waals surface area contributed by atoms with Crippen LogP contribution in [0.5, 0.6) is 0 Å². The highest BCUT2D eigenvalue weighted by Crippen LogP contribution is 1.96. The smallest absolute Gasteiger partial charge is 0.314 e. The number of carbonyl (C=O) groups excluding carboxylic acids is 1. The van der Waals surface area contributed by atoms with Gasteiger partial charge in [-0.25, -0.2) is 0 Å². The first-order valence-electron chi connectivity index (χ1n) is 3.16.